The molecule has 1 aromatic heterocycles. The van der Waals surface area contributed by atoms with Crippen molar-refractivity contribution in [2.45, 2.75) is 32.2 Å². The number of rotatable bonds is 4. The molecule has 1 aliphatic heterocycles. The van der Waals surface area contributed by atoms with Crippen molar-refractivity contribution in [1.82, 2.24) is 9.97 Å². The first kappa shape index (κ1) is 13.1. The highest BCUT2D eigenvalue weighted by atomic mass is 16.5. The molecule has 0 aliphatic carbocycles. The highest BCUT2D eigenvalue weighted by Crippen LogP contribution is 2.26. The third kappa shape index (κ3) is 2.80. The molecule has 3 rings (SSSR count). The molecule has 0 radical (unpaired) electrons. The average molecular weight is 269 g/mol. The summed E-state index contributed by atoms with van der Waals surface area (Å²) < 4.78 is 5.51. The molecule has 4 nitrogen and oxygen atoms in total. The smallest absolute Gasteiger partial charge is 0.144 e. The fourth-order valence-corrected chi connectivity index (χ4v) is 2.44. The number of nitrogens with two attached hydrogens (primary N) is 1. The van der Waals surface area contributed by atoms with Crippen LogP contribution in [0.3, 0.4) is 0 Å². The lowest BCUT2D eigenvalue weighted by molar-refractivity contribution is 0.357. The highest BCUT2D eigenvalue weighted by molar-refractivity contribution is 5.39. The number of ether oxygens (including phenoxy) is 1. The van der Waals surface area contributed by atoms with Crippen LogP contribution in [-0.4, -0.2) is 16.6 Å². The summed E-state index contributed by atoms with van der Waals surface area (Å²) >= 11 is 0. The van der Waals surface area contributed by atoms with E-state index in [1.54, 1.807) is 0 Å². The van der Waals surface area contributed by atoms with Crippen molar-refractivity contribution in [2.75, 3.05) is 6.61 Å². The lowest BCUT2D eigenvalue weighted by Crippen LogP contribution is -2.14. The summed E-state index contributed by atoms with van der Waals surface area (Å²) in [6, 6.07) is 6.30. The van der Waals surface area contributed by atoms with Crippen LogP contribution in [-0.2, 0) is 12.8 Å². The van der Waals surface area contributed by atoms with Crippen LogP contribution in [0.4, 0.5) is 0 Å². The summed E-state index contributed by atoms with van der Waals surface area (Å²) in [6.07, 6.45) is 6.43. The molecular formula is C16H19N3O. The van der Waals surface area contributed by atoms with Gasteiger partial charge in [0.05, 0.1) is 12.6 Å². The average Bonchev–Trinajstić information content (AvgIpc) is 2.93. The standard InChI is InChI=1S/C16H19N3O/c1-11-9-18-16(19-10-11)14(17)4-2-12-3-5-15-13(8-12)6-7-20-15/h3,5,8-10,14H,2,4,6-7,17H2,1H3. The molecule has 1 aromatic carbocycles. The molecule has 4 heteroatoms. The number of hydrogen-bond acceptors (Lipinski definition) is 4. The highest BCUT2D eigenvalue weighted by Gasteiger charge is 2.13. The van der Waals surface area contributed by atoms with E-state index in [4.69, 9.17) is 10.5 Å². The number of aryl methyl sites for hydroxylation is 2. The van der Waals surface area contributed by atoms with Crippen LogP contribution in [0.25, 0.3) is 0 Å². The van der Waals surface area contributed by atoms with Crippen molar-refractivity contribution >= 4 is 0 Å². The molecule has 0 bridgehead atoms. The Hall–Kier alpha value is -1.94. The summed E-state index contributed by atoms with van der Waals surface area (Å²) in [5.74, 6) is 1.75. The number of nitrogens with zero attached hydrogens (tertiary/aromatic N) is 2. The normalized spacial score (nSPS) is 14.7. The number of fused-ring (bicyclic) bond motifs is 1. The second kappa shape index (κ2) is 5.59. The second-order valence-electron chi connectivity index (χ2n) is 5.30. The molecule has 0 saturated heterocycles. The van der Waals surface area contributed by atoms with Gasteiger partial charge < -0.3 is 10.5 Å². The monoisotopic (exact) mass is 269 g/mol. The van der Waals surface area contributed by atoms with Crippen molar-refractivity contribution in [2.24, 2.45) is 5.73 Å². The Balaban J connectivity index is 1.63. The summed E-state index contributed by atoms with van der Waals surface area (Å²) in [7, 11) is 0. The Labute approximate surface area is 119 Å². The van der Waals surface area contributed by atoms with Gasteiger partial charge in [0.25, 0.3) is 0 Å². The summed E-state index contributed by atoms with van der Waals surface area (Å²) in [5.41, 5.74) is 9.82. The quantitative estimate of drug-likeness (QED) is 0.925. The van der Waals surface area contributed by atoms with Crippen LogP contribution < -0.4 is 10.5 Å². The van der Waals surface area contributed by atoms with Crippen molar-refractivity contribution in [1.29, 1.82) is 0 Å². The molecule has 2 aromatic rings. The first-order valence-corrected chi connectivity index (χ1v) is 7.01. The van der Waals surface area contributed by atoms with Crippen molar-refractivity contribution < 1.29 is 4.74 Å². The zero-order valence-electron chi connectivity index (χ0n) is 11.7. The fourth-order valence-electron chi connectivity index (χ4n) is 2.44. The third-order valence-electron chi connectivity index (χ3n) is 3.63. The van der Waals surface area contributed by atoms with Gasteiger partial charge >= 0.3 is 0 Å². The van der Waals surface area contributed by atoms with E-state index in [1.165, 1.54) is 11.1 Å². The SMILES string of the molecule is Cc1cnc(C(N)CCc2ccc3c(c2)CCO3)nc1. The van der Waals surface area contributed by atoms with Crippen LogP contribution in [0.15, 0.2) is 30.6 Å². The minimum atomic E-state index is -0.111. The van der Waals surface area contributed by atoms with Gasteiger partial charge in [0, 0.05) is 18.8 Å². The van der Waals surface area contributed by atoms with Gasteiger partial charge in [-0.15, -0.1) is 0 Å². The van der Waals surface area contributed by atoms with Crippen LogP contribution in [0.2, 0.25) is 0 Å². The number of hydrogen-bond donors (Lipinski definition) is 1. The van der Waals surface area contributed by atoms with E-state index >= 15 is 0 Å². The number of aromatic nitrogens is 2. The van der Waals surface area contributed by atoms with E-state index in [2.05, 4.69) is 28.2 Å². The first-order valence-electron chi connectivity index (χ1n) is 7.01. The van der Waals surface area contributed by atoms with Gasteiger partial charge in [0.1, 0.15) is 11.6 Å². The first-order chi connectivity index (χ1) is 9.72. The van der Waals surface area contributed by atoms with Gasteiger partial charge in [-0.3, -0.25) is 0 Å². The molecule has 0 fully saturated rings. The Kier molecular flexibility index (Phi) is 3.65. The number of benzene rings is 1. The Bertz CT molecular complexity index is 595. The molecule has 104 valence electrons. The Morgan fingerprint density at radius 2 is 2.10 bits per heavy atom. The summed E-state index contributed by atoms with van der Waals surface area (Å²) in [4.78, 5) is 8.58. The zero-order valence-corrected chi connectivity index (χ0v) is 11.7. The lowest BCUT2D eigenvalue weighted by atomic mass is 10.0. The molecule has 1 atom stereocenters. The lowest BCUT2D eigenvalue weighted by Gasteiger charge is -2.10. The third-order valence-corrected chi connectivity index (χ3v) is 3.63. The fraction of sp³-hybridized carbons (Fsp3) is 0.375. The van der Waals surface area contributed by atoms with E-state index < -0.39 is 0 Å². The van der Waals surface area contributed by atoms with Gasteiger partial charge in [-0.05, 0) is 42.5 Å². The van der Waals surface area contributed by atoms with Gasteiger partial charge in [0.2, 0.25) is 0 Å². The molecule has 1 unspecified atom stereocenters. The molecule has 20 heavy (non-hydrogen) atoms. The van der Waals surface area contributed by atoms with Gasteiger partial charge in [-0.2, -0.15) is 0 Å². The molecule has 1 aliphatic rings. The van der Waals surface area contributed by atoms with Gasteiger partial charge in [-0.1, -0.05) is 12.1 Å². The predicted molar refractivity (Wildman–Crippen MR) is 77.7 cm³/mol. The summed E-state index contributed by atoms with van der Waals surface area (Å²) in [5, 5.41) is 0. The van der Waals surface area contributed by atoms with E-state index in [1.807, 2.05) is 19.3 Å². The Morgan fingerprint density at radius 3 is 2.90 bits per heavy atom. The Morgan fingerprint density at radius 1 is 1.30 bits per heavy atom. The van der Waals surface area contributed by atoms with Crippen LogP contribution in [0.1, 0.15) is 35.0 Å². The maximum atomic E-state index is 6.16. The van der Waals surface area contributed by atoms with E-state index in [0.717, 1.165) is 43.0 Å². The second-order valence-corrected chi connectivity index (χ2v) is 5.30. The van der Waals surface area contributed by atoms with Crippen molar-refractivity contribution in [3.8, 4) is 5.75 Å². The van der Waals surface area contributed by atoms with E-state index in [9.17, 15) is 0 Å². The molecule has 2 heterocycles. The van der Waals surface area contributed by atoms with Crippen LogP contribution in [0.5, 0.6) is 5.75 Å². The maximum absolute atomic E-state index is 6.16. The maximum Gasteiger partial charge on any atom is 0.144 e. The van der Waals surface area contributed by atoms with Crippen LogP contribution in [0, 0.1) is 6.92 Å². The van der Waals surface area contributed by atoms with Crippen molar-refractivity contribution in [3.05, 3.63) is 53.1 Å². The van der Waals surface area contributed by atoms with Crippen molar-refractivity contribution in [3.63, 3.8) is 0 Å². The van der Waals surface area contributed by atoms with Gasteiger partial charge in [0.15, 0.2) is 0 Å². The van der Waals surface area contributed by atoms with E-state index in [-0.39, 0.29) is 6.04 Å². The summed E-state index contributed by atoms with van der Waals surface area (Å²) in [6.45, 7) is 2.78. The largest absolute Gasteiger partial charge is 0.493 e. The molecule has 0 spiro atoms. The molecule has 0 saturated carbocycles. The molecule has 2 N–H and O–H groups in total. The topological polar surface area (TPSA) is 61.0 Å². The van der Waals surface area contributed by atoms with Gasteiger partial charge in [-0.25, -0.2) is 9.97 Å². The van der Waals surface area contributed by atoms with E-state index in [0.29, 0.717) is 0 Å². The minimum Gasteiger partial charge on any atom is -0.493 e. The molecule has 0 amide bonds. The molecular weight excluding hydrogens is 250 g/mol. The predicted octanol–water partition coefficient (Wildman–Crippen LogP) is 2.35. The minimum absolute atomic E-state index is 0.111. The zero-order chi connectivity index (χ0) is 13.9. The van der Waals surface area contributed by atoms with Crippen LogP contribution >= 0.6 is 0 Å².